The van der Waals surface area contributed by atoms with Crippen LogP contribution < -0.4 is 4.74 Å². The number of thioether (sulfide) groups is 1. The lowest BCUT2D eigenvalue weighted by Crippen LogP contribution is -2.37. The third-order valence-electron chi connectivity index (χ3n) is 4.87. The molecule has 5 nitrogen and oxygen atoms in total. The zero-order valence-electron chi connectivity index (χ0n) is 16.3. The van der Waals surface area contributed by atoms with Crippen molar-refractivity contribution in [2.75, 3.05) is 33.4 Å². The minimum Gasteiger partial charge on any atom is -0.486 e. The zero-order chi connectivity index (χ0) is 19.4. The average Bonchev–Trinajstić information content (AvgIpc) is 3.28. The van der Waals surface area contributed by atoms with E-state index in [1.54, 1.807) is 11.3 Å². The van der Waals surface area contributed by atoms with Crippen molar-refractivity contribution < 1.29 is 9.53 Å². The summed E-state index contributed by atoms with van der Waals surface area (Å²) in [6.45, 7) is 4.10. The van der Waals surface area contributed by atoms with Crippen LogP contribution in [0, 0.1) is 6.92 Å². The van der Waals surface area contributed by atoms with E-state index in [1.807, 2.05) is 46.3 Å². The van der Waals surface area contributed by atoms with Crippen LogP contribution in [0.4, 0.5) is 0 Å². The SMILES string of the molecule is CSC1CN(C(=O)Cc2csc(COc3ccc(C)cc3)n2)CC1N(C)C. The van der Waals surface area contributed by atoms with Crippen LogP contribution in [-0.4, -0.2) is 65.4 Å². The number of amides is 1. The molecule has 1 amide bonds. The van der Waals surface area contributed by atoms with E-state index in [0.717, 1.165) is 29.5 Å². The predicted molar refractivity (Wildman–Crippen MR) is 113 cm³/mol. The van der Waals surface area contributed by atoms with E-state index in [1.165, 1.54) is 5.56 Å². The fraction of sp³-hybridized carbons (Fsp3) is 0.500. The van der Waals surface area contributed by atoms with Crippen molar-refractivity contribution in [3.63, 3.8) is 0 Å². The van der Waals surface area contributed by atoms with Crippen molar-refractivity contribution in [3.05, 3.63) is 45.9 Å². The van der Waals surface area contributed by atoms with Gasteiger partial charge in [-0.2, -0.15) is 11.8 Å². The largest absolute Gasteiger partial charge is 0.486 e. The Morgan fingerprint density at radius 2 is 2.07 bits per heavy atom. The Morgan fingerprint density at radius 1 is 1.33 bits per heavy atom. The number of hydrogen-bond acceptors (Lipinski definition) is 6. The van der Waals surface area contributed by atoms with Gasteiger partial charge in [0.15, 0.2) is 0 Å². The van der Waals surface area contributed by atoms with Gasteiger partial charge in [-0.05, 0) is 39.4 Å². The van der Waals surface area contributed by atoms with Crippen LogP contribution in [0.5, 0.6) is 5.75 Å². The minimum absolute atomic E-state index is 0.162. The molecule has 1 saturated heterocycles. The van der Waals surface area contributed by atoms with Gasteiger partial charge in [0.25, 0.3) is 0 Å². The minimum atomic E-state index is 0.162. The number of hydrogen-bond donors (Lipinski definition) is 0. The summed E-state index contributed by atoms with van der Waals surface area (Å²) < 4.78 is 5.78. The summed E-state index contributed by atoms with van der Waals surface area (Å²) in [4.78, 5) is 21.5. The topological polar surface area (TPSA) is 45.7 Å². The molecule has 0 N–H and O–H groups in total. The lowest BCUT2D eigenvalue weighted by molar-refractivity contribution is -0.129. The summed E-state index contributed by atoms with van der Waals surface area (Å²) in [5.74, 6) is 0.998. The third kappa shape index (κ3) is 5.24. The molecule has 0 saturated carbocycles. The lowest BCUT2D eigenvalue weighted by atomic mass is 10.2. The number of nitrogens with zero attached hydrogens (tertiary/aromatic N) is 3. The predicted octanol–water partition coefficient (Wildman–Crippen LogP) is 3.08. The van der Waals surface area contributed by atoms with Crippen LogP contribution in [0.3, 0.4) is 0 Å². The van der Waals surface area contributed by atoms with E-state index in [9.17, 15) is 4.79 Å². The highest BCUT2D eigenvalue weighted by atomic mass is 32.2. The number of thiazole rings is 1. The molecule has 0 spiro atoms. The van der Waals surface area contributed by atoms with Gasteiger partial charge in [-0.25, -0.2) is 4.98 Å². The van der Waals surface area contributed by atoms with Gasteiger partial charge in [0.05, 0.1) is 12.1 Å². The molecule has 2 aromatic rings. The molecule has 3 rings (SSSR count). The Labute approximate surface area is 169 Å². The number of likely N-dealkylation sites (tertiary alicyclic amines) is 1. The highest BCUT2D eigenvalue weighted by molar-refractivity contribution is 7.99. The van der Waals surface area contributed by atoms with Crippen molar-refractivity contribution in [1.29, 1.82) is 0 Å². The van der Waals surface area contributed by atoms with Crippen LogP contribution in [0.1, 0.15) is 16.3 Å². The number of carbonyl (C=O) groups is 1. The molecule has 1 fully saturated rings. The van der Waals surface area contributed by atoms with Crippen molar-refractivity contribution in [3.8, 4) is 5.75 Å². The fourth-order valence-electron chi connectivity index (χ4n) is 3.23. The van der Waals surface area contributed by atoms with Gasteiger partial charge in [-0.15, -0.1) is 11.3 Å². The number of carbonyl (C=O) groups excluding carboxylic acids is 1. The number of likely N-dealkylation sites (N-methyl/N-ethyl adjacent to an activating group) is 1. The van der Waals surface area contributed by atoms with Crippen molar-refractivity contribution in [2.24, 2.45) is 0 Å². The maximum atomic E-state index is 12.7. The Balaban J connectivity index is 1.53. The van der Waals surface area contributed by atoms with Gasteiger partial charge < -0.3 is 14.5 Å². The molecule has 2 unspecified atom stereocenters. The maximum absolute atomic E-state index is 12.7. The molecule has 0 aliphatic carbocycles. The van der Waals surface area contributed by atoms with Gasteiger partial charge in [-0.3, -0.25) is 4.79 Å². The second kappa shape index (κ2) is 9.08. The highest BCUT2D eigenvalue weighted by Crippen LogP contribution is 2.25. The second-order valence-corrected chi connectivity index (χ2v) is 9.13. The summed E-state index contributed by atoms with van der Waals surface area (Å²) in [5.41, 5.74) is 2.04. The first-order valence-electron chi connectivity index (χ1n) is 9.06. The lowest BCUT2D eigenvalue weighted by Gasteiger charge is -2.23. The molecular weight excluding hydrogens is 378 g/mol. The molecule has 0 radical (unpaired) electrons. The van der Waals surface area contributed by atoms with E-state index < -0.39 is 0 Å². The fourth-order valence-corrected chi connectivity index (χ4v) is 4.91. The molecule has 7 heteroatoms. The molecule has 1 aliphatic heterocycles. The van der Waals surface area contributed by atoms with Crippen molar-refractivity contribution in [2.45, 2.75) is 31.2 Å². The van der Waals surface area contributed by atoms with E-state index in [0.29, 0.717) is 24.3 Å². The van der Waals surface area contributed by atoms with Crippen LogP contribution in [0.15, 0.2) is 29.6 Å². The second-order valence-electron chi connectivity index (χ2n) is 7.11. The van der Waals surface area contributed by atoms with E-state index in [4.69, 9.17) is 4.74 Å². The summed E-state index contributed by atoms with van der Waals surface area (Å²) >= 11 is 3.39. The first-order valence-corrected chi connectivity index (χ1v) is 11.2. The van der Waals surface area contributed by atoms with Gasteiger partial charge in [-0.1, -0.05) is 17.7 Å². The molecule has 27 heavy (non-hydrogen) atoms. The maximum Gasteiger partial charge on any atom is 0.228 e. The summed E-state index contributed by atoms with van der Waals surface area (Å²) in [7, 11) is 4.17. The van der Waals surface area contributed by atoms with Crippen LogP contribution >= 0.6 is 23.1 Å². The van der Waals surface area contributed by atoms with Crippen LogP contribution in [-0.2, 0) is 17.8 Å². The summed E-state index contributed by atoms with van der Waals surface area (Å²) in [5, 5.41) is 3.34. The number of benzene rings is 1. The molecule has 0 bridgehead atoms. The standard InChI is InChI=1S/C20H27N3O2S2/c1-14-5-7-16(8-6-14)25-12-19-21-15(13-27-19)9-20(24)23-10-17(22(2)3)18(11-23)26-4/h5-8,13,17-18H,9-12H2,1-4H3. The zero-order valence-corrected chi connectivity index (χ0v) is 18.0. The first-order chi connectivity index (χ1) is 13.0. The smallest absolute Gasteiger partial charge is 0.228 e. The highest BCUT2D eigenvalue weighted by Gasteiger charge is 2.35. The molecule has 2 heterocycles. The first kappa shape index (κ1) is 20.2. The molecule has 1 aliphatic rings. The summed E-state index contributed by atoms with van der Waals surface area (Å²) in [6.07, 6.45) is 2.48. The van der Waals surface area contributed by atoms with Gasteiger partial charge in [0, 0.05) is 29.8 Å². The Bertz CT molecular complexity index is 761. The number of aromatic nitrogens is 1. The summed E-state index contributed by atoms with van der Waals surface area (Å²) in [6, 6.07) is 8.40. The average molecular weight is 406 g/mol. The molecule has 146 valence electrons. The monoisotopic (exact) mass is 405 g/mol. The van der Waals surface area contributed by atoms with Crippen LogP contribution in [0.2, 0.25) is 0 Å². The van der Waals surface area contributed by atoms with Crippen molar-refractivity contribution >= 4 is 29.0 Å². The van der Waals surface area contributed by atoms with Gasteiger partial charge in [0.2, 0.25) is 5.91 Å². The molecule has 1 aromatic carbocycles. The van der Waals surface area contributed by atoms with Crippen LogP contribution in [0.25, 0.3) is 0 Å². The molecule has 1 aromatic heterocycles. The van der Waals surface area contributed by atoms with Crippen molar-refractivity contribution in [1.82, 2.24) is 14.8 Å². The Kier molecular flexibility index (Phi) is 6.78. The third-order valence-corrected chi connectivity index (χ3v) is 6.81. The molecular formula is C20H27N3O2S2. The quantitative estimate of drug-likeness (QED) is 0.708. The number of aryl methyl sites for hydroxylation is 1. The van der Waals surface area contributed by atoms with E-state index in [-0.39, 0.29) is 5.91 Å². The Morgan fingerprint density at radius 3 is 2.70 bits per heavy atom. The van der Waals surface area contributed by atoms with Gasteiger partial charge >= 0.3 is 0 Å². The number of rotatable bonds is 7. The van der Waals surface area contributed by atoms with E-state index >= 15 is 0 Å². The number of ether oxygens (including phenoxy) is 1. The Hall–Kier alpha value is -1.57. The van der Waals surface area contributed by atoms with E-state index in [2.05, 4.69) is 37.2 Å². The molecule has 2 atom stereocenters. The van der Waals surface area contributed by atoms with Gasteiger partial charge in [0.1, 0.15) is 17.4 Å². The normalized spacial score (nSPS) is 19.7.